The van der Waals surface area contributed by atoms with Gasteiger partial charge in [0.15, 0.2) is 5.96 Å². The lowest BCUT2D eigenvalue weighted by atomic mass is 9.74. The van der Waals surface area contributed by atoms with E-state index in [9.17, 15) is 4.79 Å². The van der Waals surface area contributed by atoms with E-state index in [1.165, 1.54) is 5.56 Å². The molecule has 0 aromatic heterocycles. The standard InChI is InChI=1S/C22H34N4O3.HI/c1-24-21(26-11-3-4-17(15-26)14-20(23)27)25-16-22(9-12-29-13-10-22)18-5-7-19(28-2)8-6-18;/h5-8,17H,3-4,9-16H2,1-2H3,(H2,23,27)(H,24,25);1H. The van der Waals surface area contributed by atoms with Gasteiger partial charge in [-0.2, -0.15) is 0 Å². The van der Waals surface area contributed by atoms with E-state index in [2.05, 4.69) is 27.3 Å². The lowest BCUT2D eigenvalue weighted by Gasteiger charge is -2.40. The second-order valence-electron chi connectivity index (χ2n) is 8.15. The van der Waals surface area contributed by atoms with Crippen molar-refractivity contribution in [1.29, 1.82) is 0 Å². The van der Waals surface area contributed by atoms with Crippen molar-refractivity contribution in [1.82, 2.24) is 10.2 Å². The van der Waals surface area contributed by atoms with E-state index in [1.807, 2.05) is 19.2 Å². The zero-order valence-corrected chi connectivity index (χ0v) is 20.4. The van der Waals surface area contributed by atoms with E-state index in [-0.39, 0.29) is 35.3 Å². The molecule has 2 saturated heterocycles. The van der Waals surface area contributed by atoms with Gasteiger partial charge in [-0.05, 0) is 49.3 Å². The van der Waals surface area contributed by atoms with Crippen LogP contribution >= 0.6 is 24.0 Å². The minimum absolute atomic E-state index is 0. The molecule has 1 atom stereocenters. The molecular weight excluding hydrogens is 495 g/mol. The van der Waals surface area contributed by atoms with Crippen LogP contribution in [0.2, 0.25) is 0 Å². The number of nitrogens with zero attached hydrogens (tertiary/aromatic N) is 2. The van der Waals surface area contributed by atoms with Crippen molar-refractivity contribution in [3.8, 4) is 5.75 Å². The minimum atomic E-state index is -0.222. The van der Waals surface area contributed by atoms with Crippen molar-refractivity contribution >= 4 is 35.8 Å². The van der Waals surface area contributed by atoms with Gasteiger partial charge in [0.25, 0.3) is 0 Å². The van der Waals surface area contributed by atoms with Crippen LogP contribution in [-0.4, -0.2) is 63.8 Å². The van der Waals surface area contributed by atoms with Crippen LogP contribution in [0.1, 0.15) is 37.7 Å². The van der Waals surface area contributed by atoms with E-state index in [0.29, 0.717) is 12.3 Å². The molecule has 1 unspecified atom stereocenters. The number of carbonyl (C=O) groups is 1. The second kappa shape index (κ2) is 11.7. The van der Waals surface area contributed by atoms with Crippen LogP contribution in [0.4, 0.5) is 0 Å². The average molecular weight is 530 g/mol. The van der Waals surface area contributed by atoms with Gasteiger partial charge in [0, 0.05) is 51.7 Å². The molecule has 3 N–H and O–H groups in total. The number of methoxy groups -OCH3 is 1. The highest BCUT2D eigenvalue weighted by atomic mass is 127. The molecule has 2 heterocycles. The number of guanidine groups is 1. The predicted molar refractivity (Wildman–Crippen MR) is 130 cm³/mol. The molecule has 1 aromatic rings. The summed E-state index contributed by atoms with van der Waals surface area (Å²) in [6.45, 7) is 4.09. The van der Waals surface area contributed by atoms with Gasteiger partial charge in [0.05, 0.1) is 7.11 Å². The topological polar surface area (TPSA) is 89.2 Å². The van der Waals surface area contributed by atoms with Gasteiger partial charge >= 0.3 is 0 Å². The van der Waals surface area contributed by atoms with Crippen molar-refractivity contribution in [2.45, 2.75) is 37.5 Å². The van der Waals surface area contributed by atoms with Crippen LogP contribution < -0.4 is 15.8 Å². The fourth-order valence-electron chi connectivity index (χ4n) is 4.56. The number of carbonyl (C=O) groups excluding carboxylic acids is 1. The van der Waals surface area contributed by atoms with Gasteiger partial charge in [0.2, 0.25) is 5.91 Å². The van der Waals surface area contributed by atoms with E-state index in [0.717, 1.165) is 70.2 Å². The Balaban J connectivity index is 0.00000320. The lowest BCUT2D eigenvalue weighted by Crippen LogP contribution is -2.51. The quantitative estimate of drug-likeness (QED) is 0.335. The van der Waals surface area contributed by atoms with Gasteiger partial charge < -0.3 is 25.4 Å². The Morgan fingerprint density at radius 2 is 2.03 bits per heavy atom. The maximum Gasteiger partial charge on any atom is 0.217 e. The minimum Gasteiger partial charge on any atom is -0.497 e. The number of piperidine rings is 1. The summed E-state index contributed by atoms with van der Waals surface area (Å²) in [6.07, 6.45) is 4.47. The van der Waals surface area contributed by atoms with Crippen molar-refractivity contribution in [2.24, 2.45) is 16.6 Å². The van der Waals surface area contributed by atoms with Gasteiger partial charge in [-0.15, -0.1) is 24.0 Å². The molecular formula is C22H35IN4O3. The summed E-state index contributed by atoms with van der Waals surface area (Å²) in [7, 11) is 3.51. The number of hydrogen-bond acceptors (Lipinski definition) is 4. The maximum atomic E-state index is 11.3. The Kier molecular flexibility index (Phi) is 9.67. The Bertz CT molecular complexity index is 705. The van der Waals surface area contributed by atoms with Crippen molar-refractivity contribution in [3.05, 3.63) is 29.8 Å². The molecule has 0 saturated carbocycles. The fourth-order valence-corrected chi connectivity index (χ4v) is 4.56. The molecule has 2 fully saturated rings. The third-order valence-corrected chi connectivity index (χ3v) is 6.26. The number of likely N-dealkylation sites (tertiary alicyclic amines) is 1. The summed E-state index contributed by atoms with van der Waals surface area (Å²) < 4.78 is 11.0. The molecule has 1 aromatic carbocycles. The Labute approximate surface area is 196 Å². The molecule has 2 aliphatic rings. The molecule has 1 amide bonds. The fraction of sp³-hybridized carbons (Fsp3) is 0.636. The third kappa shape index (κ3) is 6.23. The van der Waals surface area contributed by atoms with Crippen LogP contribution in [-0.2, 0) is 14.9 Å². The molecule has 8 heteroatoms. The molecule has 0 radical (unpaired) electrons. The van der Waals surface area contributed by atoms with E-state index < -0.39 is 0 Å². The van der Waals surface area contributed by atoms with E-state index in [4.69, 9.17) is 15.2 Å². The normalized spacial score (nSPS) is 21.5. The number of nitrogens with one attached hydrogen (secondary N) is 1. The highest BCUT2D eigenvalue weighted by molar-refractivity contribution is 14.0. The number of ether oxygens (including phenoxy) is 2. The molecule has 0 bridgehead atoms. The molecule has 168 valence electrons. The highest BCUT2D eigenvalue weighted by Crippen LogP contribution is 2.35. The lowest BCUT2D eigenvalue weighted by molar-refractivity contribution is -0.119. The number of halogens is 1. The zero-order chi connectivity index (χ0) is 20.7. The van der Waals surface area contributed by atoms with Gasteiger partial charge in [0.1, 0.15) is 5.75 Å². The van der Waals surface area contributed by atoms with E-state index >= 15 is 0 Å². The average Bonchev–Trinajstić information content (AvgIpc) is 2.75. The van der Waals surface area contributed by atoms with Crippen LogP contribution in [0.5, 0.6) is 5.75 Å². The number of benzene rings is 1. The van der Waals surface area contributed by atoms with E-state index in [1.54, 1.807) is 7.11 Å². The van der Waals surface area contributed by atoms with Gasteiger partial charge in [-0.25, -0.2) is 0 Å². The second-order valence-corrected chi connectivity index (χ2v) is 8.15. The largest absolute Gasteiger partial charge is 0.497 e. The molecule has 2 aliphatic heterocycles. The summed E-state index contributed by atoms with van der Waals surface area (Å²) >= 11 is 0. The number of primary amides is 1. The SMILES string of the molecule is CN=C(NCC1(c2ccc(OC)cc2)CCOCC1)N1CCCC(CC(N)=O)C1.I. The summed E-state index contributed by atoms with van der Waals surface area (Å²) in [4.78, 5) is 18.1. The number of rotatable bonds is 6. The summed E-state index contributed by atoms with van der Waals surface area (Å²) in [5.41, 5.74) is 6.72. The number of amides is 1. The monoisotopic (exact) mass is 530 g/mol. The van der Waals surface area contributed by atoms with Crippen LogP contribution in [0.15, 0.2) is 29.3 Å². The van der Waals surface area contributed by atoms with Crippen molar-refractivity contribution < 1.29 is 14.3 Å². The van der Waals surface area contributed by atoms with Crippen molar-refractivity contribution in [2.75, 3.05) is 47.0 Å². The first-order valence-electron chi connectivity index (χ1n) is 10.5. The predicted octanol–water partition coefficient (Wildman–Crippen LogP) is 2.52. The first-order valence-corrected chi connectivity index (χ1v) is 10.5. The number of nitrogens with two attached hydrogens (primary N) is 1. The third-order valence-electron chi connectivity index (χ3n) is 6.26. The summed E-state index contributed by atoms with van der Waals surface area (Å²) in [6, 6.07) is 8.39. The Morgan fingerprint density at radius 3 is 2.63 bits per heavy atom. The van der Waals surface area contributed by atoms with Crippen LogP contribution in [0, 0.1) is 5.92 Å². The Hall–Kier alpha value is -1.55. The van der Waals surface area contributed by atoms with Gasteiger partial charge in [-0.3, -0.25) is 9.79 Å². The molecule has 7 nitrogen and oxygen atoms in total. The Morgan fingerprint density at radius 1 is 1.33 bits per heavy atom. The summed E-state index contributed by atoms with van der Waals surface area (Å²) in [5.74, 6) is 1.85. The molecule has 3 rings (SSSR count). The molecule has 0 aliphatic carbocycles. The first kappa shape index (κ1) is 24.7. The van der Waals surface area contributed by atoms with Crippen LogP contribution in [0.25, 0.3) is 0 Å². The molecule has 30 heavy (non-hydrogen) atoms. The first-order chi connectivity index (χ1) is 14.1. The van der Waals surface area contributed by atoms with Gasteiger partial charge in [-0.1, -0.05) is 12.1 Å². The zero-order valence-electron chi connectivity index (χ0n) is 18.1. The number of aliphatic imine (C=N–C) groups is 1. The summed E-state index contributed by atoms with van der Waals surface area (Å²) in [5, 5.41) is 3.62. The smallest absolute Gasteiger partial charge is 0.217 e. The maximum absolute atomic E-state index is 11.3. The number of hydrogen-bond donors (Lipinski definition) is 2. The van der Waals surface area contributed by atoms with Crippen molar-refractivity contribution in [3.63, 3.8) is 0 Å². The molecule has 0 spiro atoms. The van der Waals surface area contributed by atoms with Crippen LogP contribution in [0.3, 0.4) is 0 Å². The highest BCUT2D eigenvalue weighted by Gasteiger charge is 2.35.